The largest absolute Gasteiger partial charge is 0.450 e. The maximum atomic E-state index is 12.1. The van der Waals surface area contributed by atoms with Crippen molar-refractivity contribution in [1.29, 1.82) is 0 Å². The highest BCUT2D eigenvalue weighted by molar-refractivity contribution is 7.12. The highest BCUT2D eigenvalue weighted by Crippen LogP contribution is 2.20. The first-order valence-corrected chi connectivity index (χ1v) is 9.92. The summed E-state index contributed by atoms with van der Waals surface area (Å²) >= 11 is 1.37. The maximum absolute atomic E-state index is 12.1. The molecule has 0 bridgehead atoms. The Balaban J connectivity index is 1.70. The Morgan fingerprint density at radius 3 is 2.92 bits per heavy atom. The van der Waals surface area contributed by atoms with Crippen molar-refractivity contribution in [2.24, 2.45) is 5.92 Å². The molecule has 0 spiro atoms. The van der Waals surface area contributed by atoms with Gasteiger partial charge in [0, 0.05) is 32.1 Å². The van der Waals surface area contributed by atoms with E-state index in [1.807, 2.05) is 18.4 Å². The highest BCUT2D eigenvalue weighted by Gasteiger charge is 2.28. The quantitative estimate of drug-likeness (QED) is 0.758. The fraction of sp³-hybridized carbons (Fsp3) is 0.611. The Morgan fingerprint density at radius 2 is 2.23 bits per heavy atom. The van der Waals surface area contributed by atoms with Crippen LogP contribution in [0.25, 0.3) is 0 Å². The van der Waals surface area contributed by atoms with E-state index in [4.69, 9.17) is 4.74 Å². The average molecular weight is 381 g/mol. The van der Waals surface area contributed by atoms with Crippen molar-refractivity contribution in [3.05, 3.63) is 22.4 Å². The molecule has 0 radical (unpaired) electrons. The normalized spacial score (nSPS) is 18.1. The van der Waals surface area contributed by atoms with Crippen LogP contribution in [0.1, 0.15) is 42.8 Å². The van der Waals surface area contributed by atoms with E-state index < -0.39 is 0 Å². The number of hydrogen-bond acceptors (Lipinski definition) is 5. The van der Waals surface area contributed by atoms with E-state index in [9.17, 15) is 14.4 Å². The van der Waals surface area contributed by atoms with Gasteiger partial charge >= 0.3 is 6.09 Å². The molecule has 1 fully saturated rings. The van der Waals surface area contributed by atoms with Crippen molar-refractivity contribution in [3.63, 3.8) is 0 Å². The Morgan fingerprint density at radius 1 is 1.42 bits per heavy atom. The summed E-state index contributed by atoms with van der Waals surface area (Å²) in [7, 11) is 0. The van der Waals surface area contributed by atoms with Crippen LogP contribution in [0.15, 0.2) is 17.5 Å². The molecule has 1 aromatic rings. The zero-order valence-corrected chi connectivity index (χ0v) is 16.1. The standard InChI is InChI=1S/C18H27N3O4S/c1-3-25-18(24)21-10-4-6-14(12-21)13(2)20-16(22)8-9-19-17(23)15-7-5-11-26-15/h5,7,11,13-14H,3-4,6,8-10,12H2,1-2H3,(H,19,23)(H,20,22)/t13-,14-/m1/s1. The molecule has 7 nitrogen and oxygen atoms in total. The van der Waals surface area contributed by atoms with Gasteiger partial charge in [-0.1, -0.05) is 6.07 Å². The van der Waals surface area contributed by atoms with Gasteiger partial charge in [0.25, 0.3) is 5.91 Å². The van der Waals surface area contributed by atoms with Crippen molar-refractivity contribution in [2.75, 3.05) is 26.2 Å². The fourth-order valence-corrected chi connectivity index (χ4v) is 3.67. The third-order valence-corrected chi connectivity index (χ3v) is 5.33. The van der Waals surface area contributed by atoms with Crippen molar-refractivity contribution in [3.8, 4) is 0 Å². The van der Waals surface area contributed by atoms with Crippen molar-refractivity contribution in [1.82, 2.24) is 15.5 Å². The molecule has 26 heavy (non-hydrogen) atoms. The molecule has 144 valence electrons. The number of rotatable bonds is 7. The molecule has 0 saturated carbocycles. The second kappa shape index (κ2) is 10.2. The summed E-state index contributed by atoms with van der Waals surface area (Å²) in [5, 5.41) is 7.57. The molecule has 2 atom stereocenters. The number of nitrogens with zero attached hydrogens (tertiary/aromatic N) is 1. The lowest BCUT2D eigenvalue weighted by Crippen LogP contribution is -2.48. The number of likely N-dealkylation sites (tertiary alicyclic amines) is 1. The van der Waals surface area contributed by atoms with Gasteiger partial charge in [0.05, 0.1) is 11.5 Å². The second-order valence-electron chi connectivity index (χ2n) is 6.39. The lowest BCUT2D eigenvalue weighted by Gasteiger charge is -2.35. The first-order valence-electron chi connectivity index (χ1n) is 9.04. The highest BCUT2D eigenvalue weighted by atomic mass is 32.1. The molecule has 1 aromatic heterocycles. The molecular formula is C18H27N3O4S. The maximum Gasteiger partial charge on any atom is 0.409 e. The molecule has 1 aliphatic heterocycles. The van der Waals surface area contributed by atoms with Gasteiger partial charge in [-0.3, -0.25) is 9.59 Å². The van der Waals surface area contributed by atoms with Gasteiger partial charge in [0.15, 0.2) is 0 Å². The van der Waals surface area contributed by atoms with Gasteiger partial charge in [-0.2, -0.15) is 0 Å². The van der Waals surface area contributed by atoms with Crippen molar-refractivity contribution in [2.45, 2.75) is 39.2 Å². The van der Waals surface area contributed by atoms with Gasteiger partial charge in [-0.05, 0) is 44.1 Å². The predicted molar refractivity (Wildman–Crippen MR) is 100 cm³/mol. The van der Waals surface area contributed by atoms with E-state index >= 15 is 0 Å². The minimum Gasteiger partial charge on any atom is -0.450 e. The molecule has 2 rings (SSSR count). The average Bonchev–Trinajstić information content (AvgIpc) is 3.16. The first kappa shape index (κ1) is 20.2. The van der Waals surface area contributed by atoms with Gasteiger partial charge in [0.2, 0.25) is 5.91 Å². The minimum absolute atomic E-state index is 0.0345. The molecule has 8 heteroatoms. The number of carbonyl (C=O) groups is 3. The number of nitrogens with one attached hydrogen (secondary N) is 2. The minimum atomic E-state index is -0.285. The molecule has 1 saturated heterocycles. The van der Waals surface area contributed by atoms with Crippen LogP contribution < -0.4 is 10.6 Å². The Kier molecular flexibility index (Phi) is 7.90. The number of carbonyl (C=O) groups excluding carboxylic acids is 3. The number of hydrogen-bond donors (Lipinski definition) is 2. The smallest absolute Gasteiger partial charge is 0.409 e. The van der Waals surface area contributed by atoms with Crippen LogP contribution in [-0.2, 0) is 9.53 Å². The summed E-state index contributed by atoms with van der Waals surface area (Å²) in [4.78, 5) is 38.2. The second-order valence-corrected chi connectivity index (χ2v) is 7.33. The van der Waals surface area contributed by atoms with E-state index in [0.29, 0.717) is 31.1 Å². The first-order chi connectivity index (χ1) is 12.5. The molecule has 0 aromatic carbocycles. The molecule has 2 N–H and O–H groups in total. The predicted octanol–water partition coefficient (Wildman–Crippen LogP) is 2.24. The van der Waals surface area contributed by atoms with Crippen LogP contribution in [0.4, 0.5) is 4.79 Å². The van der Waals surface area contributed by atoms with Gasteiger partial charge in [-0.25, -0.2) is 4.79 Å². The summed E-state index contributed by atoms with van der Waals surface area (Å²) in [6.45, 7) is 5.71. The van der Waals surface area contributed by atoms with Crippen LogP contribution in [0.2, 0.25) is 0 Å². The Hall–Kier alpha value is -2.09. The van der Waals surface area contributed by atoms with E-state index in [1.54, 1.807) is 17.9 Å². The zero-order chi connectivity index (χ0) is 18.9. The Labute approximate surface area is 158 Å². The number of ether oxygens (including phenoxy) is 1. The molecule has 1 aliphatic rings. The molecular weight excluding hydrogens is 354 g/mol. The van der Waals surface area contributed by atoms with Crippen molar-refractivity contribution >= 4 is 29.2 Å². The van der Waals surface area contributed by atoms with E-state index in [-0.39, 0.29) is 36.3 Å². The number of thiophene rings is 1. The van der Waals surface area contributed by atoms with Crippen LogP contribution in [0.3, 0.4) is 0 Å². The van der Waals surface area contributed by atoms with Gasteiger partial charge in [0.1, 0.15) is 0 Å². The monoisotopic (exact) mass is 381 g/mol. The van der Waals surface area contributed by atoms with Crippen LogP contribution in [0.5, 0.6) is 0 Å². The summed E-state index contributed by atoms with van der Waals surface area (Å²) in [5.74, 6) is -0.0479. The van der Waals surface area contributed by atoms with E-state index in [1.165, 1.54) is 11.3 Å². The van der Waals surface area contributed by atoms with E-state index in [0.717, 1.165) is 12.8 Å². The van der Waals surface area contributed by atoms with Crippen molar-refractivity contribution < 1.29 is 19.1 Å². The Bertz CT molecular complexity index is 606. The number of amides is 3. The zero-order valence-electron chi connectivity index (χ0n) is 15.3. The topological polar surface area (TPSA) is 87.7 Å². The van der Waals surface area contributed by atoms with E-state index in [2.05, 4.69) is 10.6 Å². The SMILES string of the molecule is CCOC(=O)N1CCC[C@@H]([C@@H](C)NC(=O)CCNC(=O)c2cccs2)C1. The lowest BCUT2D eigenvalue weighted by atomic mass is 9.91. The summed E-state index contributed by atoms with van der Waals surface area (Å²) in [6, 6.07) is 3.53. The van der Waals surface area contributed by atoms with Crippen LogP contribution >= 0.6 is 11.3 Å². The third kappa shape index (κ3) is 6.01. The van der Waals surface area contributed by atoms with Crippen LogP contribution in [-0.4, -0.2) is 55.1 Å². The summed E-state index contributed by atoms with van der Waals surface area (Å²) in [6.07, 6.45) is 1.81. The van der Waals surface area contributed by atoms with Gasteiger partial charge < -0.3 is 20.3 Å². The molecule has 0 unspecified atom stereocenters. The molecule has 0 aliphatic carbocycles. The van der Waals surface area contributed by atoms with Crippen LogP contribution in [0, 0.1) is 5.92 Å². The fourth-order valence-electron chi connectivity index (χ4n) is 3.03. The number of piperidine rings is 1. The molecule has 3 amide bonds. The third-order valence-electron chi connectivity index (χ3n) is 4.46. The summed E-state index contributed by atoms with van der Waals surface area (Å²) < 4.78 is 5.06. The van der Waals surface area contributed by atoms with Gasteiger partial charge in [-0.15, -0.1) is 11.3 Å². The lowest BCUT2D eigenvalue weighted by molar-refractivity contribution is -0.122. The molecule has 2 heterocycles. The summed E-state index contributed by atoms with van der Waals surface area (Å²) in [5.41, 5.74) is 0.